The predicted molar refractivity (Wildman–Crippen MR) is 105 cm³/mol. The number of carbonyl (C=O) groups excluding carboxylic acids is 1. The highest BCUT2D eigenvalue weighted by Gasteiger charge is 2.19. The Morgan fingerprint density at radius 1 is 1.19 bits per heavy atom. The van der Waals surface area contributed by atoms with E-state index in [1.807, 2.05) is 30.1 Å². The van der Waals surface area contributed by atoms with Crippen LogP contribution in [0, 0.1) is 5.82 Å². The molecule has 27 heavy (non-hydrogen) atoms. The third kappa shape index (κ3) is 5.58. The molecular formula is C20H24ClFN2O3. The van der Waals surface area contributed by atoms with Crippen molar-refractivity contribution in [2.45, 2.75) is 19.4 Å². The summed E-state index contributed by atoms with van der Waals surface area (Å²) >= 11 is 5.96. The quantitative estimate of drug-likeness (QED) is 0.735. The Morgan fingerprint density at radius 2 is 1.89 bits per heavy atom. The van der Waals surface area contributed by atoms with Crippen LogP contribution < -0.4 is 14.8 Å². The van der Waals surface area contributed by atoms with Gasteiger partial charge in [0.05, 0.1) is 31.0 Å². The zero-order chi connectivity index (χ0) is 20.0. The summed E-state index contributed by atoms with van der Waals surface area (Å²) in [4.78, 5) is 14.4. The Morgan fingerprint density at radius 3 is 2.52 bits per heavy atom. The van der Waals surface area contributed by atoms with Gasteiger partial charge in [-0.25, -0.2) is 4.39 Å². The number of nitrogens with zero attached hydrogens (tertiary/aromatic N) is 1. The smallest absolute Gasteiger partial charge is 0.241 e. The van der Waals surface area contributed by atoms with E-state index in [2.05, 4.69) is 5.32 Å². The van der Waals surface area contributed by atoms with Crippen LogP contribution >= 0.6 is 11.6 Å². The molecule has 5 nitrogen and oxygen atoms in total. The topological polar surface area (TPSA) is 50.8 Å². The Bertz CT molecular complexity index is 801. The van der Waals surface area contributed by atoms with E-state index >= 15 is 0 Å². The van der Waals surface area contributed by atoms with E-state index in [9.17, 15) is 9.18 Å². The highest BCUT2D eigenvalue weighted by molar-refractivity contribution is 6.33. The number of halogens is 2. The summed E-state index contributed by atoms with van der Waals surface area (Å²) in [7, 11) is 5.07. The van der Waals surface area contributed by atoms with Crippen molar-refractivity contribution < 1.29 is 18.7 Å². The number of amides is 1. The van der Waals surface area contributed by atoms with Crippen molar-refractivity contribution in [3.05, 3.63) is 52.8 Å². The van der Waals surface area contributed by atoms with Gasteiger partial charge in [-0.05, 0) is 56.3 Å². The first-order valence-electron chi connectivity index (χ1n) is 8.52. The molecule has 0 bridgehead atoms. The average molecular weight is 395 g/mol. The van der Waals surface area contributed by atoms with Crippen LogP contribution in [0.25, 0.3) is 0 Å². The number of carbonyl (C=O) groups is 1. The molecule has 2 aromatic carbocycles. The van der Waals surface area contributed by atoms with E-state index in [-0.39, 0.29) is 17.0 Å². The van der Waals surface area contributed by atoms with Crippen LogP contribution in [0.4, 0.5) is 10.1 Å². The van der Waals surface area contributed by atoms with Crippen LogP contribution in [0.15, 0.2) is 36.4 Å². The molecule has 1 atom stereocenters. The fraction of sp³-hybridized carbons (Fsp3) is 0.350. The van der Waals surface area contributed by atoms with Crippen molar-refractivity contribution in [1.82, 2.24) is 4.90 Å². The van der Waals surface area contributed by atoms with Crippen molar-refractivity contribution in [1.29, 1.82) is 0 Å². The lowest BCUT2D eigenvalue weighted by Crippen LogP contribution is -2.40. The van der Waals surface area contributed by atoms with Crippen molar-refractivity contribution in [2.75, 3.05) is 33.1 Å². The molecule has 0 aliphatic carbocycles. The van der Waals surface area contributed by atoms with Crippen LogP contribution in [0.1, 0.15) is 12.5 Å². The minimum absolute atomic E-state index is 0.170. The maximum Gasteiger partial charge on any atom is 0.241 e. The van der Waals surface area contributed by atoms with Gasteiger partial charge in [-0.1, -0.05) is 17.7 Å². The number of rotatable bonds is 8. The van der Waals surface area contributed by atoms with Gasteiger partial charge in [0.15, 0.2) is 11.5 Å². The molecule has 0 heterocycles. The van der Waals surface area contributed by atoms with Crippen molar-refractivity contribution in [2.24, 2.45) is 0 Å². The lowest BCUT2D eigenvalue weighted by molar-refractivity contribution is -0.120. The van der Waals surface area contributed by atoms with Crippen LogP contribution in [0.2, 0.25) is 5.02 Å². The summed E-state index contributed by atoms with van der Waals surface area (Å²) in [6.45, 7) is 2.47. The summed E-state index contributed by atoms with van der Waals surface area (Å²) in [5, 5.41) is 2.90. The van der Waals surface area contributed by atoms with Gasteiger partial charge in [0.25, 0.3) is 0 Å². The monoisotopic (exact) mass is 394 g/mol. The molecule has 0 radical (unpaired) electrons. The molecule has 2 rings (SSSR count). The molecule has 0 saturated heterocycles. The molecule has 0 fully saturated rings. The molecule has 0 spiro atoms. The highest BCUT2D eigenvalue weighted by atomic mass is 35.5. The lowest BCUT2D eigenvalue weighted by atomic mass is 10.1. The predicted octanol–water partition coefficient (Wildman–Crippen LogP) is 4.00. The zero-order valence-electron chi connectivity index (χ0n) is 15.9. The van der Waals surface area contributed by atoms with Crippen molar-refractivity contribution in [3.63, 3.8) is 0 Å². The van der Waals surface area contributed by atoms with E-state index in [0.717, 1.165) is 12.0 Å². The number of hydrogen-bond acceptors (Lipinski definition) is 4. The molecule has 146 valence electrons. The Labute approximate surface area is 164 Å². The molecule has 0 unspecified atom stereocenters. The number of likely N-dealkylation sites (N-methyl/N-ethyl adjacent to an activating group) is 1. The first-order chi connectivity index (χ1) is 12.8. The second kappa shape index (κ2) is 9.58. The number of nitrogens with one attached hydrogen (secondary N) is 1. The minimum Gasteiger partial charge on any atom is -0.493 e. The van der Waals surface area contributed by atoms with Gasteiger partial charge in [-0.15, -0.1) is 0 Å². The average Bonchev–Trinajstić information content (AvgIpc) is 2.67. The largest absolute Gasteiger partial charge is 0.493 e. The summed E-state index contributed by atoms with van der Waals surface area (Å²) in [5.74, 6) is 0.698. The summed E-state index contributed by atoms with van der Waals surface area (Å²) in [6.07, 6.45) is 0.742. The van der Waals surface area contributed by atoms with Crippen LogP contribution in [-0.4, -0.2) is 44.7 Å². The van der Waals surface area contributed by atoms with Crippen LogP contribution in [0.5, 0.6) is 11.5 Å². The first-order valence-corrected chi connectivity index (χ1v) is 8.90. The van der Waals surface area contributed by atoms with E-state index in [4.69, 9.17) is 21.1 Å². The van der Waals surface area contributed by atoms with Crippen molar-refractivity contribution in [3.8, 4) is 11.5 Å². The maximum atomic E-state index is 13.1. The number of methoxy groups -OCH3 is 2. The molecule has 0 saturated carbocycles. The standard InChI is InChI=1S/C20H24ClFN2O3/c1-13(20(25)23-17-7-6-15(22)12-16(17)21)24(2)10-9-14-5-8-18(26-3)19(11-14)27-4/h5-8,11-13H,9-10H2,1-4H3,(H,23,25)/t13-/m0/s1. The van der Waals surface area contributed by atoms with E-state index in [1.165, 1.54) is 18.2 Å². The molecule has 0 aromatic heterocycles. The van der Waals surface area contributed by atoms with Crippen LogP contribution in [0.3, 0.4) is 0 Å². The zero-order valence-corrected chi connectivity index (χ0v) is 16.6. The molecule has 1 amide bonds. The fourth-order valence-corrected chi connectivity index (χ4v) is 2.78. The molecule has 1 N–H and O–H groups in total. The van der Waals surface area contributed by atoms with E-state index in [1.54, 1.807) is 21.1 Å². The molecule has 0 aliphatic rings. The molecular weight excluding hydrogens is 371 g/mol. The van der Waals surface area contributed by atoms with Gasteiger partial charge >= 0.3 is 0 Å². The summed E-state index contributed by atoms with van der Waals surface area (Å²) < 4.78 is 23.7. The SMILES string of the molecule is COc1ccc(CCN(C)[C@@H](C)C(=O)Nc2ccc(F)cc2Cl)cc1OC. The second-order valence-corrected chi connectivity index (χ2v) is 6.62. The van der Waals surface area contributed by atoms with E-state index < -0.39 is 5.82 Å². The van der Waals surface area contributed by atoms with Gasteiger partial charge in [0.2, 0.25) is 5.91 Å². The number of hydrogen-bond donors (Lipinski definition) is 1. The highest BCUT2D eigenvalue weighted by Crippen LogP contribution is 2.28. The van der Waals surface area contributed by atoms with Gasteiger partial charge in [0, 0.05) is 6.54 Å². The second-order valence-electron chi connectivity index (χ2n) is 6.21. The fourth-order valence-electron chi connectivity index (χ4n) is 2.56. The Kier molecular flexibility index (Phi) is 7.45. The molecule has 7 heteroatoms. The molecule has 2 aromatic rings. The van der Waals surface area contributed by atoms with E-state index in [0.29, 0.717) is 23.7 Å². The lowest BCUT2D eigenvalue weighted by Gasteiger charge is -2.24. The van der Waals surface area contributed by atoms with Crippen LogP contribution in [-0.2, 0) is 11.2 Å². The first kappa shape index (κ1) is 21.0. The Hall–Kier alpha value is -2.31. The number of anilines is 1. The van der Waals surface area contributed by atoms with Gasteiger partial charge < -0.3 is 14.8 Å². The number of ether oxygens (including phenoxy) is 2. The normalized spacial score (nSPS) is 12.0. The third-order valence-electron chi connectivity index (χ3n) is 4.43. The van der Waals surface area contributed by atoms with Gasteiger partial charge in [-0.3, -0.25) is 9.69 Å². The summed E-state index contributed by atoms with van der Waals surface area (Å²) in [6, 6.07) is 9.25. The van der Waals surface area contributed by atoms with Crippen molar-refractivity contribution >= 4 is 23.2 Å². The summed E-state index contributed by atoms with van der Waals surface area (Å²) in [5.41, 5.74) is 1.47. The third-order valence-corrected chi connectivity index (χ3v) is 4.74. The van der Waals surface area contributed by atoms with Gasteiger partial charge in [0.1, 0.15) is 5.82 Å². The Balaban J connectivity index is 1.94. The number of benzene rings is 2. The minimum atomic E-state index is -0.446. The van der Waals surface area contributed by atoms with Gasteiger partial charge in [-0.2, -0.15) is 0 Å². The maximum absolute atomic E-state index is 13.1. The molecule has 0 aliphatic heterocycles.